The van der Waals surface area contributed by atoms with Crippen LogP contribution in [0.5, 0.6) is 11.5 Å². The first-order chi connectivity index (χ1) is 13.9. The van der Waals surface area contributed by atoms with Gasteiger partial charge in [0.25, 0.3) is 0 Å². The van der Waals surface area contributed by atoms with Crippen molar-refractivity contribution in [2.24, 2.45) is 11.3 Å². The first-order valence-corrected chi connectivity index (χ1v) is 10.0. The second kappa shape index (κ2) is 7.87. The van der Waals surface area contributed by atoms with Gasteiger partial charge in [0.05, 0.1) is 12.0 Å². The summed E-state index contributed by atoms with van der Waals surface area (Å²) in [5, 5.41) is 12.6. The zero-order valence-electron chi connectivity index (χ0n) is 16.6. The van der Waals surface area contributed by atoms with Crippen LogP contribution in [0.4, 0.5) is 5.69 Å². The van der Waals surface area contributed by atoms with Crippen molar-refractivity contribution in [3.8, 4) is 11.5 Å². The van der Waals surface area contributed by atoms with Crippen LogP contribution in [0.2, 0.25) is 0 Å². The van der Waals surface area contributed by atoms with Gasteiger partial charge < -0.3 is 15.2 Å². The molecule has 1 aliphatic heterocycles. The molecule has 0 aromatic heterocycles. The van der Waals surface area contributed by atoms with E-state index in [1.807, 2.05) is 48.2 Å². The molecular weight excluding hydrogens is 368 g/mol. The Morgan fingerprint density at radius 3 is 2.69 bits per heavy atom. The monoisotopic (exact) mass is 394 g/mol. The molecule has 6 heteroatoms. The molecule has 2 fully saturated rings. The number of benzene rings is 2. The Kier molecular flexibility index (Phi) is 5.28. The number of nitrogens with zero attached hydrogens (tertiary/aromatic N) is 1. The van der Waals surface area contributed by atoms with E-state index in [4.69, 9.17) is 4.74 Å². The molecule has 0 radical (unpaired) electrons. The highest BCUT2D eigenvalue weighted by molar-refractivity contribution is 5.92. The SMILES string of the molecule is Cc1cccc(Oc2ccc(NC(=O)CN3C[C@@H]4CCC[C@@]4(C(=O)O)C3)cc2)c1. The van der Waals surface area contributed by atoms with Crippen LogP contribution in [0, 0.1) is 18.3 Å². The number of aryl methyl sites for hydroxylation is 1. The number of likely N-dealkylation sites (tertiary alicyclic amines) is 1. The molecule has 1 aliphatic carbocycles. The summed E-state index contributed by atoms with van der Waals surface area (Å²) in [5.41, 5.74) is 1.16. The number of carboxylic acid groups (broad SMARTS) is 1. The molecular formula is C23H26N2O4. The third kappa shape index (κ3) is 4.12. The van der Waals surface area contributed by atoms with Crippen molar-refractivity contribution in [1.82, 2.24) is 4.90 Å². The Morgan fingerprint density at radius 2 is 2.00 bits per heavy atom. The van der Waals surface area contributed by atoms with Gasteiger partial charge in [0.15, 0.2) is 0 Å². The van der Waals surface area contributed by atoms with Gasteiger partial charge in [0, 0.05) is 18.8 Å². The summed E-state index contributed by atoms with van der Waals surface area (Å²) in [4.78, 5) is 26.2. The van der Waals surface area contributed by atoms with Crippen LogP contribution in [0.15, 0.2) is 48.5 Å². The fraction of sp³-hybridized carbons (Fsp3) is 0.391. The second-order valence-corrected chi connectivity index (χ2v) is 8.21. The van der Waals surface area contributed by atoms with E-state index in [0.717, 1.165) is 24.2 Å². The lowest BCUT2D eigenvalue weighted by Crippen LogP contribution is -2.37. The maximum absolute atomic E-state index is 12.4. The largest absolute Gasteiger partial charge is 0.481 e. The number of ether oxygens (including phenoxy) is 1. The molecule has 4 rings (SSSR count). The van der Waals surface area contributed by atoms with Crippen molar-refractivity contribution in [2.75, 3.05) is 25.0 Å². The Morgan fingerprint density at radius 1 is 1.21 bits per heavy atom. The molecule has 2 aliphatic rings. The summed E-state index contributed by atoms with van der Waals surface area (Å²) < 4.78 is 5.83. The van der Waals surface area contributed by atoms with Crippen molar-refractivity contribution in [1.29, 1.82) is 0 Å². The van der Waals surface area contributed by atoms with Crippen molar-refractivity contribution >= 4 is 17.6 Å². The minimum atomic E-state index is -0.716. The van der Waals surface area contributed by atoms with Gasteiger partial charge in [-0.3, -0.25) is 14.5 Å². The number of carboxylic acids is 1. The molecule has 29 heavy (non-hydrogen) atoms. The van der Waals surface area contributed by atoms with Gasteiger partial charge in [-0.05, 0) is 67.6 Å². The lowest BCUT2D eigenvalue weighted by molar-refractivity contribution is -0.149. The van der Waals surface area contributed by atoms with Crippen LogP contribution < -0.4 is 10.1 Å². The molecule has 2 aromatic rings. The molecule has 0 bridgehead atoms. The summed E-state index contributed by atoms with van der Waals surface area (Å²) in [6.07, 6.45) is 2.62. The predicted octanol–water partition coefficient (Wildman–Crippen LogP) is 3.91. The number of hydrogen-bond acceptors (Lipinski definition) is 4. The zero-order chi connectivity index (χ0) is 20.4. The van der Waals surface area contributed by atoms with E-state index in [1.165, 1.54) is 0 Å². The van der Waals surface area contributed by atoms with Crippen molar-refractivity contribution < 1.29 is 19.4 Å². The van der Waals surface area contributed by atoms with Gasteiger partial charge in [-0.1, -0.05) is 18.6 Å². The molecule has 1 saturated heterocycles. The molecule has 1 amide bonds. The molecule has 0 unspecified atom stereocenters. The number of hydrogen-bond donors (Lipinski definition) is 2. The molecule has 2 N–H and O–H groups in total. The smallest absolute Gasteiger partial charge is 0.311 e. The Balaban J connectivity index is 1.32. The quantitative estimate of drug-likeness (QED) is 0.777. The van der Waals surface area contributed by atoms with Gasteiger partial charge in [-0.15, -0.1) is 0 Å². The maximum Gasteiger partial charge on any atom is 0.311 e. The first-order valence-electron chi connectivity index (χ1n) is 10.0. The molecule has 6 nitrogen and oxygen atoms in total. The minimum absolute atomic E-state index is 0.127. The number of rotatable bonds is 6. The van der Waals surface area contributed by atoms with E-state index < -0.39 is 11.4 Å². The van der Waals surface area contributed by atoms with E-state index in [9.17, 15) is 14.7 Å². The van der Waals surface area contributed by atoms with Crippen molar-refractivity contribution in [3.05, 3.63) is 54.1 Å². The Bertz CT molecular complexity index is 911. The summed E-state index contributed by atoms with van der Waals surface area (Å²) >= 11 is 0. The average Bonchev–Trinajstić information content (AvgIpc) is 3.21. The summed E-state index contributed by atoms with van der Waals surface area (Å²) in [5.74, 6) is 0.786. The Labute approximate surface area is 170 Å². The van der Waals surface area contributed by atoms with E-state index in [-0.39, 0.29) is 18.4 Å². The highest BCUT2D eigenvalue weighted by atomic mass is 16.5. The minimum Gasteiger partial charge on any atom is -0.481 e. The van der Waals surface area contributed by atoms with Gasteiger partial charge in [0.1, 0.15) is 11.5 Å². The first kappa shape index (κ1) is 19.5. The topological polar surface area (TPSA) is 78.9 Å². The molecule has 0 spiro atoms. The van der Waals surface area contributed by atoms with Crippen molar-refractivity contribution in [2.45, 2.75) is 26.2 Å². The lowest BCUT2D eigenvalue weighted by atomic mass is 9.81. The van der Waals surface area contributed by atoms with Crippen LogP contribution in [0.25, 0.3) is 0 Å². The van der Waals surface area contributed by atoms with Crippen molar-refractivity contribution in [3.63, 3.8) is 0 Å². The number of amides is 1. The number of anilines is 1. The molecule has 152 valence electrons. The molecule has 2 atom stereocenters. The summed E-state index contributed by atoms with van der Waals surface area (Å²) in [7, 11) is 0. The van der Waals surface area contributed by atoms with Crippen LogP contribution >= 0.6 is 0 Å². The third-order valence-corrected chi connectivity index (χ3v) is 6.10. The lowest BCUT2D eigenvalue weighted by Gasteiger charge is -2.23. The number of carbonyl (C=O) groups is 2. The second-order valence-electron chi connectivity index (χ2n) is 8.21. The molecule has 2 aromatic carbocycles. The summed E-state index contributed by atoms with van der Waals surface area (Å²) in [6, 6.07) is 15.1. The molecule has 1 heterocycles. The average molecular weight is 394 g/mol. The van der Waals surface area contributed by atoms with E-state index in [1.54, 1.807) is 12.1 Å². The maximum atomic E-state index is 12.4. The van der Waals surface area contributed by atoms with E-state index >= 15 is 0 Å². The van der Waals surface area contributed by atoms with Crippen LogP contribution in [0.1, 0.15) is 24.8 Å². The number of nitrogens with one attached hydrogen (secondary N) is 1. The van der Waals surface area contributed by atoms with Crippen LogP contribution in [0.3, 0.4) is 0 Å². The van der Waals surface area contributed by atoms with Crippen LogP contribution in [-0.2, 0) is 9.59 Å². The number of aliphatic carboxylic acids is 1. The van der Waals surface area contributed by atoms with Gasteiger partial charge in [0.2, 0.25) is 5.91 Å². The highest BCUT2D eigenvalue weighted by Gasteiger charge is 2.54. The van der Waals surface area contributed by atoms with Crippen LogP contribution in [-0.4, -0.2) is 41.5 Å². The number of carbonyl (C=O) groups excluding carboxylic acids is 1. The normalized spacial score (nSPS) is 23.6. The number of fused-ring (bicyclic) bond motifs is 1. The van der Waals surface area contributed by atoms with E-state index in [0.29, 0.717) is 30.9 Å². The standard InChI is InChI=1S/C23H26N2O4/c1-16-4-2-6-20(12-16)29-19-9-7-18(8-10-19)24-21(26)14-25-13-17-5-3-11-23(17,15-25)22(27)28/h2,4,6-10,12,17H,3,5,11,13-15H2,1H3,(H,24,26)(H,27,28)/t17-,23+/m0/s1. The summed E-state index contributed by atoms with van der Waals surface area (Å²) in [6.45, 7) is 3.37. The highest BCUT2D eigenvalue weighted by Crippen LogP contribution is 2.48. The third-order valence-electron chi connectivity index (χ3n) is 6.10. The zero-order valence-corrected chi connectivity index (χ0v) is 16.6. The van der Waals surface area contributed by atoms with Gasteiger partial charge in [-0.2, -0.15) is 0 Å². The fourth-order valence-electron chi connectivity index (χ4n) is 4.69. The van der Waals surface area contributed by atoms with Gasteiger partial charge >= 0.3 is 5.97 Å². The Hall–Kier alpha value is -2.86. The van der Waals surface area contributed by atoms with Gasteiger partial charge in [-0.25, -0.2) is 0 Å². The fourth-order valence-corrected chi connectivity index (χ4v) is 4.69. The predicted molar refractivity (Wildman–Crippen MR) is 110 cm³/mol. The van der Waals surface area contributed by atoms with E-state index in [2.05, 4.69) is 5.32 Å². The molecule has 1 saturated carbocycles.